The van der Waals surface area contributed by atoms with Crippen molar-refractivity contribution < 1.29 is 13.2 Å². The molecule has 19 heavy (non-hydrogen) atoms. The molecule has 0 bridgehead atoms. The van der Waals surface area contributed by atoms with Crippen LogP contribution in [0, 0.1) is 6.92 Å². The molecule has 1 aromatic rings. The van der Waals surface area contributed by atoms with E-state index in [1.165, 1.54) is 0 Å². The minimum Gasteiger partial charge on any atom is -0.491 e. The lowest BCUT2D eigenvalue weighted by Gasteiger charge is -2.19. The van der Waals surface area contributed by atoms with Gasteiger partial charge in [0.25, 0.3) is 0 Å². The van der Waals surface area contributed by atoms with Gasteiger partial charge in [0.15, 0.2) is 9.84 Å². The van der Waals surface area contributed by atoms with Gasteiger partial charge in [-0.2, -0.15) is 0 Å². The highest BCUT2D eigenvalue weighted by atomic mass is 32.2. The van der Waals surface area contributed by atoms with Crippen LogP contribution in [0.15, 0.2) is 12.1 Å². The van der Waals surface area contributed by atoms with Crippen molar-refractivity contribution in [3.05, 3.63) is 23.5 Å². The Hall–Kier alpha value is -1.14. The van der Waals surface area contributed by atoms with E-state index in [-0.39, 0.29) is 18.9 Å². The van der Waals surface area contributed by atoms with E-state index in [0.717, 1.165) is 5.69 Å². The summed E-state index contributed by atoms with van der Waals surface area (Å²) in [5.74, 6) is 0.534. The quantitative estimate of drug-likeness (QED) is 0.885. The second kappa shape index (κ2) is 5.88. The van der Waals surface area contributed by atoms with E-state index in [1.54, 1.807) is 26.8 Å². The van der Waals surface area contributed by atoms with E-state index in [1.807, 2.05) is 13.0 Å². The summed E-state index contributed by atoms with van der Waals surface area (Å²) in [6.07, 6.45) is 0. The first kappa shape index (κ1) is 15.9. The van der Waals surface area contributed by atoms with Crippen molar-refractivity contribution in [3.63, 3.8) is 0 Å². The number of hydrogen-bond donors (Lipinski definition) is 1. The van der Waals surface area contributed by atoms with Crippen LogP contribution in [0.5, 0.6) is 5.75 Å². The van der Waals surface area contributed by atoms with Crippen LogP contribution < -0.4 is 10.5 Å². The Labute approximate surface area is 115 Å². The first-order valence-corrected chi connectivity index (χ1v) is 7.84. The van der Waals surface area contributed by atoms with E-state index in [2.05, 4.69) is 4.98 Å². The lowest BCUT2D eigenvalue weighted by Crippen LogP contribution is -2.32. The predicted molar refractivity (Wildman–Crippen MR) is 75.9 cm³/mol. The summed E-state index contributed by atoms with van der Waals surface area (Å²) in [7, 11) is -3.17. The van der Waals surface area contributed by atoms with Gasteiger partial charge in [0.05, 0.1) is 16.2 Å². The second-order valence-electron chi connectivity index (χ2n) is 5.38. The maximum atomic E-state index is 11.9. The summed E-state index contributed by atoms with van der Waals surface area (Å²) in [5, 5.41) is 0. The Morgan fingerprint density at radius 3 is 2.47 bits per heavy atom. The van der Waals surface area contributed by atoms with Crippen molar-refractivity contribution in [2.75, 3.05) is 12.4 Å². The number of sulfone groups is 1. The lowest BCUT2D eigenvalue weighted by atomic mass is 10.3. The van der Waals surface area contributed by atoms with Gasteiger partial charge in [-0.1, -0.05) is 0 Å². The molecule has 0 aliphatic heterocycles. The summed E-state index contributed by atoms with van der Waals surface area (Å²) in [4.78, 5) is 4.26. The first-order valence-electron chi connectivity index (χ1n) is 6.19. The minimum atomic E-state index is -3.17. The van der Waals surface area contributed by atoms with Crippen molar-refractivity contribution >= 4 is 9.84 Å². The maximum absolute atomic E-state index is 11.9. The number of nitrogens with two attached hydrogens (primary N) is 1. The van der Waals surface area contributed by atoms with Gasteiger partial charge in [-0.15, -0.1) is 0 Å². The topological polar surface area (TPSA) is 82.3 Å². The molecule has 5 nitrogen and oxygen atoms in total. The summed E-state index contributed by atoms with van der Waals surface area (Å²) < 4.78 is 28.6. The Kier molecular flexibility index (Phi) is 4.92. The van der Waals surface area contributed by atoms with E-state index in [0.29, 0.717) is 11.4 Å². The molecular weight excluding hydrogens is 264 g/mol. The molecule has 0 fully saturated rings. The molecule has 1 heterocycles. The summed E-state index contributed by atoms with van der Waals surface area (Å²) >= 11 is 0. The fourth-order valence-electron chi connectivity index (χ4n) is 1.44. The highest BCUT2D eigenvalue weighted by molar-refractivity contribution is 7.92. The van der Waals surface area contributed by atoms with Gasteiger partial charge >= 0.3 is 0 Å². The van der Waals surface area contributed by atoms with E-state index >= 15 is 0 Å². The number of nitrogens with zero attached hydrogens (tertiary/aromatic N) is 1. The molecule has 0 unspecified atom stereocenters. The molecule has 0 radical (unpaired) electrons. The van der Waals surface area contributed by atoms with Crippen LogP contribution in [0.4, 0.5) is 0 Å². The monoisotopic (exact) mass is 286 g/mol. The highest BCUT2D eigenvalue weighted by Gasteiger charge is 2.28. The zero-order valence-electron chi connectivity index (χ0n) is 11.9. The number of ether oxygens (including phenoxy) is 1. The lowest BCUT2D eigenvalue weighted by molar-refractivity contribution is 0.334. The van der Waals surface area contributed by atoms with Crippen molar-refractivity contribution in [2.45, 2.75) is 39.0 Å². The third kappa shape index (κ3) is 4.18. The normalized spacial score (nSPS) is 12.5. The average molecular weight is 286 g/mol. The van der Waals surface area contributed by atoms with Gasteiger partial charge in [0.2, 0.25) is 0 Å². The van der Waals surface area contributed by atoms with Gasteiger partial charge in [0.1, 0.15) is 12.4 Å². The van der Waals surface area contributed by atoms with Crippen LogP contribution in [-0.2, 0) is 16.4 Å². The first-order chi connectivity index (χ1) is 8.67. The molecular formula is C13H22N2O3S. The van der Waals surface area contributed by atoms with Gasteiger partial charge < -0.3 is 10.5 Å². The van der Waals surface area contributed by atoms with Crippen LogP contribution in [0.3, 0.4) is 0 Å². The van der Waals surface area contributed by atoms with E-state index in [9.17, 15) is 8.42 Å². The van der Waals surface area contributed by atoms with Gasteiger partial charge in [-0.05, 0) is 39.8 Å². The Morgan fingerprint density at radius 2 is 1.95 bits per heavy atom. The summed E-state index contributed by atoms with van der Waals surface area (Å²) in [6, 6.07) is 3.58. The molecule has 0 saturated heterocycles. The zero-order valence-corrected chi connectivity index (χ0v) is 12.8. The van der Waals surface area contributed by atoms with Crippen molar-refractivity contribution in [1.29, 1.82) is 0 Å². The largest absolute Gasteiger partial charge is 0.491 e. The standard InChI is InChI=1S/C13H22N2O3S/c1-10-5-6-12(11(9-14)15-10)18-7-8-19(16,17)13(2,3)4/h5-6H,7-9,14H2,1-4H3. The summed E-state index contributed by atoms with van der Waals surface area (Å²) in [6.45, 7) is 7.29. The average Bonchev–Trinajstić information content (AvgIpc) is 2.29. The molecule has 0 atom stereocenters. The number of pyridine rings is 1. The third-order valence-corrected chi connectivity index (χ3v) is 5.38. The van der Waals surface area contributed by atoms with Crippen LogP contribution in [0.1, 0.15) is 32.2 Å². The van der Waals surface area contributed by atoms with Crippen molar-refractivity contribution in [3.8, 4) is 5.75 Å². The van der Waals surface area contributed by atoms with Crippen LogP contribution in [0.2, 0.25) is 0 Å². The van der Waals surface area contributed by atoms with E-state index < -0.39 is 14.6 Å². The predicted octanol–water partition coefficient (Wildman–Crippen LogP) is 1.44. The molecule has 108 valence electrons. The van der Waals surface area contributed by atoms with Gasteiger partial charge in [-0.25, -0.2) is 8.42 Å². The van der Waals surface area contributed by atoms with Crippen LogP contribution in [-0.4, -0.2) is 30.5 Å². The molecule has 0 spiro atoms. The molecule has 6 heteroatoms. The minimum absolute atomic E-state index is 0.0195. The molecule has 0 saturated carbocycles. The smallest absolute Gasteiger partial charge is 0.158 e. The Bertz CT molecular complexity index is 533. The van der Waals surface area contributed by atoms with Crippen LogP contribution in [0.25, 0.3) is 0 Å². The second-order valence-corrected chi connectivity index (χ2v) is 8.24. The van der Waals surface area contributed by atoms with Crippen LogP contribution >= 0.6 is 0 Å². The third-order valence-electron chi connectivity index (χ3n) is 2.81. The van der Waals surface area contributed by atoms with Crippen molar-refractivity contribution in [1.82, 2.24) is 4.98 Å². The molecule has 1 rings (SSSR count). The fraction of sp³-hybridized carbons (Fsp3) is 0.615. The maximum Gasteiger partial charge on any atom is 0.158 e. The Morgan fingerprint density at radius 1 is 1.32 bits per heavy atom. The van der Waals surface area contributed by atoms with E-state index in [4.69, 9.17) is 10.5 Å². The number of hydrogen-bond acceptors (Lipinski definition) is 5. The zero-order chi connectivity index (χ0) is 14.7. The number of rotatable bonds is 5. The molecule has 0 aliphatic rings. The SMILES string of the molecule is Cc1ccc(OCCS(=O)(=O)C(C)(C)C)c(CN)n1. The molecule has 0 amide bonds. The van der Waals surface area contributed by atoms with Gasteiger partial charge in [-0.3, -0.25) is 4.98 Å². The molecule has 2 N–H and O–H groups in total. The van der Waals surface area contributed by atoms with Crippen molar-refractivity contribution in [2.24, 2.45) is 5.73 Å². The Balaban J connectivity index is 2.69. The van der Waals surface area contributed by atoms with Gasteiger partial charge in [0, 0.05) is 12.2 Å². The summed E-state index contributed by atoms with van der Waals surface area (Å²) in [5.41, 5.74) is 7.09. The molecule has 0 aliphatic carbocycles. The fourth-order valence-corrected chi connectivity index (χ4v) is 2.36. The number of aromatic nitrogens is 1. The highest BCUT2D eigenvalue weighted by Crippen LogP contribution is 2.18. The number of aryl methyl sites for hydroxylation is 1. The molecule has 1 aromatic heterocycles. The molecule has 0 aromatic carbocycles.